The van der Waals surface area contributed by atoms with Gasteiger partial charge in [-0.2, -0.15) is 0 Å². The quantitative estimate of drug-likeness (QED) is 0.735. The van der Waals surface area contributed by atoms with Crippen molar-refractivity contribution in [3.05, 3.63) is 58.3 Å². The molecule has 25 heavy (non-hydrogen) atoms. The maximum atomic E-state index is 12.4. The van der Waals surface area contributed by atoms with E-state index in [0.29, 0.717) is 5.56 Å². The third-order valence-corrected chi connectivity index (χ3v) is 4.55. The lowest BCUT2D eigenvalue weighted by Gasteiger charge is -2.12. The predicted molar refractivity (Wildman–Crippen MR) is 92.6 cm³/mol. The van der Waals surface area contributed by atoms with E-state index in [0.717, 1.165) is 10.8 Å². The van der Waals surface area contributed by atoms with Gasteiger partial charge in [0.1, 0.15) is 18.1 Å². The fourth-order valence-corrected chi connectivity index (χ4v) is 3.34. The molecule has 0 fully saturated rings. The number of esters is 1. The molecule has 0 atom stereocenters. The van der Waals surface area contributed by atoms with Crippen LogP contribution in [0.3, 0.4) is 0 Å². The molecule has 0 radical (unpaired) electrons. The number of hydrogen-bond acceptors (Lipinski definition) is 6. The number of hydrogen-bond donors (Lipinski definition) is 1. The summed E-state index contributed by atoms with van der Waals surface area (Å²) in [6.07, 6.45) is 1.14. The first-order valence-corrected chi connectivity index (χ1v) is 9.24. The number of benzene rings is 1. The van der Waals surface area contributed by atoms with Gasteiger partial charge in [-0.05, 0) is 19.4 Å². The summed E-state index contributed by atoms with van der Waals surface area (Å²) in [5, 5.41) is 0. The molecule has 0 aliphatic heterocycles. The molecule has 0 aliphatic carbocycles. The normalized spacial score (nSPS) is 11.1. The lowest BCUT2D eigenvalue weighted by atomic mass is 10.2. The minimum atomic E-state index is -3.80. The number of anilines is 1. The van der Waals surface area contributed by atoms with E-state index in [4.69, 9.17) is 4.74 Å². The maximum absolute atomic E-state index is 12.4. The maximum Gasteiger partial charge on any atom is 0.326 e. The zero-order valence-corrected chi connectivity index (χ0v) is 14.7. The van der Waals surface area contributed by atoms with Crippen LogP contribution in [-0.4, -0.2) is 30.5 Å². The molecule has 0 saturated heterocycles. The van der Waals surface area contributed by atoms with Crippen molar-refractivity contribution < 1.29 is 17.9 Å². The molecule has 0 unspecified atom stereocenters. The van der Waals surface area contributed by atoms with Gasteiger partial charge >= 0.3 is 5.97 Å². The molecular formula is C16H19N3O5S. The largest absolute Gasteiger partial charge is 0.465 e. The predicted octanol–water partition coefficient (Wildman–Crippen LogP) is 1.06. The topological polar surface area (TPSA) is 107 Å². The van der Waals surface area contributed by atoms with Crippen LogP contribution in [0.1, 0.15) is 18.3 Å². The molecular weight excluding hydrogens is 346 g/mol. The minimum Gasteiger partial charge on any atom is -0.465 e. The SMILES string of the molecule is CCOC(=O)Cn1c(C)ncc(NS(=O)(=O)Cc2ccccc2)c1=O. The summed E-state index contributed by atoms with van der Waals surface area (Å²) >= 11 is 0. The number of carbonyl (C=O) groups is 1. The molecule has 1 heterocycles. The molecule has 9 heteroatoms. The Bertz CT molecular complexity index is 907. The molecule has 0 aliphatic rings. The summed E-state index contributed by atoms with van der Waals surface area (Å²) in [6.45, 7) is 3.05. The van der Waals surface area contributed by atoms with Crippen molar-refractivity contribution in [2.24, 2.45) is 0 Å². The fraction of sp³-hybridized carbons (Fsp3) is 0.312. The minimum absolute atomic E-state index is 0.184. The van der Waals surface area contributed by atoms with Crippen LogP contribution in [0.4, 0.5) is 5.69 Å². The van der Waals surface area contributed by atoms with Crippen molar-refractivity contribution in [1.82, 2.24) is 9.55 Å². The van der Waals surface area contributed by atoms with Gasteiger partial charge in [-0.1, -0.05) is 30.3 Å². The number of nitrogens with zero attached hydrogens (tertiary/aromatic N) is 2. The smallest absolute Gasteiger partial charge is 0.326 e. The van der Waals surface area contributed by atoms with Crippen LogP contribution in [0.2, 0.25) is 0 Å². The Kier molecular flexibility index (Phi) is 5.92. The van der Waals surface area contributed by atoms with Crippen molar-refractivity contribution >= 4 is 21.7 Å². The average Bonchev–Trinajstić information content (AvgIpc) is 2.55. The van der Waals surface area contributed by atoms with E-state index < -0.39 is 21.6 Å². The number of nitrogens with one attached hydrogen (secondary N) is 1. The standard InChI is InChI=1S/C16H19N3O5S/c1-3-24-15(20)10-19-12(2)17-9-14(16(19)21)18-25(22,23)11-13-7-5-4-6-8-13/h4-9,18H,3,10-11H2,1-2H3. The molecule has 0 bridgehead atoms. The molecule has 0 amide bonds. The van der Waals surface area contributed by atoms with Gasteiger partial charge < -0.3 is 4.74 Å². The molecule has 2 aromatic rings. The molecule has 0 spiro atoms. The van der Waals surface area contributed by atoms with Gasteiger partial charge in [0.15, 0.2) is 0 Å². The molecule has 1 aromatic heterocycles. The monoisotopic (exact) mass is 365 g/mol. The van der Waals surface area contributed by atoms with Crippen molar-refractivity contribution in [3.8, 4) is 0 Å². The summed E-state index contributed by atoms with van der Waals surface area (Å²) in [6, 6.07) is 8.58. The van der Waals surface area contributed by atoms with Gasteiger partial charge in [0.05, 0.1) is 18.6 Å². The van der Waals surface area contributed by atoms with E-state index >= 15 is 0 Å². The number of rotatable bonds is 7. The summed E-state index contributed by atoms with van der Waals surface area (Å²) in [5.74, 6) is -0.596. The molecule has 1 N–H and O–H groups in total. The van der Waals surface area contributed by atoms with E-state index in [1.807, 2.05) is 0 Å². The second kappa shape index (κ2) is 7.93. The number of ether oxygens (including phenoxy) is 1. The number of aryl methyl sites for hydroxylation is 1. The van der Waals surface area contributed by atoms with Crippen molar-refractivity contribution in [2.45, 2.75) is 26.1 Å². The molecule has 0 saturated carbocycles. The van der Waals surface area contributed by atoms with E-state index in [1.165, 1.54) is 0 Å². The van der Waals surface area contributed by atoms with E-state index in [9.17, 15) is 18.0 Å². The Labute approximate surface area is 145 Å². The second-order valence-electron chi connectivity index (χ2n) is 5.26. The third-order valence-electron chi connectivity index (χ3n) is 3.30. The first kappa shape index (κ1) is 18.7. The number of carbonyl (C=O) groups excluding carboxylic acids is 1. The molecule has 2 rings (SSSR count). The van der Waals surface area contributed by atoms with Crippen LogP contribution >= 0.6 is 0 Å². The van der Waals surface area contributed by atoms with E-state index in [1.54, 1.807) is 44.2 Å². The Morgan fingerprint density at radius 3 is 2.60 bits per heavy atom. The highest BCUT2D eigenvalue weighted by Gasteiger charge is 2.17. The highest BCUT2D eigenvalue weighted by atomic mass is 32.2. The van der Waals surface area contributed by atoms with Crippen molar-refractivity contribution in [1.29, 1.82) is 0 Å². The Hall–Kier alpha value is -2.68. The molecule has 1 aromatic carbocycles. The zero-order chi connectivity index (χ0) is 18.4. The molecule has 8 nitrogen and oxygen atoms in total. The zero-order valence-electron chi connectivity index (χ0n) is 13.9. The van der Waals surface area contributed by atoms with Crippen LogP contribution in [0.5, 0.6) is 0 Å². The number of aromatic nitrogens is 2. The lowest BCUT2D eigenvalue weighted by molar-refractivity contribution is -0.143. The van der Waals surface area contributed by atoms with Gasteiger partial charge in [0.25, 0.3) is 5.56 Å². The first-order chi connectivity index (χ1) is 11.8. The Balaban J connectivity index is 2.25. The third kappa shape index (κ3) is 5.15. The fourth-order valence-electron chi connectivity index (χ4n) is 2.16. The summed E-state index contributed by atoms with van der Waals surface area (Å²) in [5.41, 5.74) is -0.287. The van der Waals surface area contributed by atoms with Crippen molar-refractivity contribution in [2.75, 3.05) is 11.3 Å². The van der Waals surface area contributed by atoms with Gasteiger partial charge in [-0.3, -0.25) is 18.9 Å². The van der Waals surface area contributed by atoms with Gasteiger partial charge in [-0.15, -0.1) is 0 Å². The highest BCUT2D eigenvalue weighted by Crippen LogP contribution is 2.09. The van der Waals surface area contributed by atoms with E-state index in [-0.39, 0.29) is 30.4 Å². The van der Waals surface area contributed by atoms with Gasteiger partial charge in [-0.25, -0.2) is 13.4 Å². The lowest BCUT2D eigenvalue weighted by Crippen LogP contribution is -2.31. The summed E-state index contributed by atoms with van der Waals surface area (Å²) < 4.78 is 32.6. The number of sulfonamides is 1. The van der Waals surface area contributed by atoms with E-state index in [2.05, 4.69) is 9.71 Å². The van der Waals surface area contributed by atoms with Crippen LogP contribution in [0.25, 0.3) is 0 Å². The average molecular weight is 365 g/mol. The Morgan fingerprint density at radius 2 is 1.96 bits per heavy atom. The van der Waals surface area contributed by atoms with Crippen LogP contribution in [0.15, 0.2) is 41.3 Å². The highest BCUT2D eigenvalue weighted by molar-refractivity contribution is 7.91. The first-order valence-electron chi connectivity index (χ1n) is 7.59. The van der Waals surface area contributed by atoms with Crippen LogP contribution in [0, 0.1) is 6.92 Å². The second-order valence-corrected chi connectivity index (χ2v) is 6.98. The Morgan fingerprint density at radius 1 is 1.28 bits per heavy atom. The van der Waals surface area contributed by atoms with Gasteiger partial charge in [0.2, 0.25) is 10.0 Å². The summed E-state index contributed by atoms with van der Waals surface area (Å²) in [7, 11) is -3.80. The van der Waals surface area contributed by atoms with Crippen molar-refractivity contribution in [3.63, 3.8) is 0 Å². The van der Waals surface area contributed by atoms with Gasteiger partial charge in [0, 0.05) is 0 Å². The van der Waals surface area contributed by atoms with Crippen LogP contribution in [-0.2, 0) is 31.9 Å². The van der Waals surface area contributed by atoms with Crippen LogP contribution < -0.4 is 10.3 Å². The molecule has 134 valence electrons. The summed E-state index contributed by atoms with van der Waals surface area (Å²) in [4.78, 5) is 28.0.